The van der Waals surface area contributed by atoms with Crippen molar-refractivity contribution in [1.29, 1.82) is 0 Å². The Kier molecular flexibility index (Phi) is 73.3. The molecule has 0 aromatic rings. The third kappa shape index (κ3) is 73.3. The van der Waals surface area contributed by atoms with Gasteiger partial charge in [0, 0.05) is 12.8 Å². The van der Waals surface area contributed by atoms with E-state index in [2.05, 4.69) is 111 Å². The molecule has 1 unspecified atom stereocenters. The average molecular weight is 1200 g/mol. The lowest BCUT2D eigenvalue weighted by Crippen LogP contribution is -2.28. The molecule has 1 N–H and O–H groups in total. The summed E-state index contributed by atoms with van der Waals surface area (Å²) in [6.45, 7) is 4.06. The van der Waals surface area contributed by atoms with Gasteiger partial charge in [0.05, 0.1) is 6.61 Å². The highest BCUT2D eigenvalue weighted by Crippen LogP contribution is 2.19. The zero-order valence-corrected chi connectivity index (χ0v) is 57.3. The van der Waals surface area contributed by atoms with Crippen LogP contribution in [-0.2, 0) is 19.1 Å². The Morgan fingerprint density at radius 1 is 0.279 bits per heavy atom. The first-order chi connectivity index (χ1) is 42.6. The molecule has 0 saturated heterocycles. The smallest absolute Gasteiger partial charge is 0.306 e. The van der Waals surface area contributed by atoms with E-state index in [-0.39, 0.29) is 25.2 Å². The molecule has 0 aromatic carbocycles. The first-order valence-corrected chi connectivity index (χ1v) is 37.8. The number of carbonyl (C=O) groups excluding carboxylic acids is 2. The fourth-order valence-corrected chi connectivity index (χ4v) is 11.2. The summed E-state index contributed by atoms with van der Waals surface area (Å²) in [5, 5.41) is 9.72. The van der Waals surface area contributed by atoms with Gasteiger partial charge in [-0.2, -0.15) is 0 Å². The molecule has 0 saturated carbocycles. The number of allylic oxidation sites excluding steroid dienone is 16. The van der Waals surface area contributed by atoms with Crippen LogP contribution in [0.25, 0.3) is 0 Å². The average Bonchev–Trinajstić information content (AvgIpc) is 3.55. The van der Waals surface area contributed by atoms with Gasteiger partial charge in [0.15, 0.2) is 6.10 Å². The predicted molar refractivity (Wildman–Crippen MR) is 380 cm³/mol. The lowest BCUT2D eigenvalue weighted by atomic mass is 10.0. The highest BCUT2D eigenvalue weighted by atomic mass is 16.6. The molecule has 0 aliphatic carbocycles. The monoisotopic (exact) mass is 1200 g/mol. The van der Waals surface area contributed by atoms with Gasteiger partial charge in [-0.1, -0.05) is 374 Å². The van der Waals surface area contributed by atoms with E-state index in [1.807, 2.05) is 0 Å². The van der Waals surface area contributed by atoms with Crippen molar-refractivity contribution in [3.05, 3.63) is 97.2 Å². The van der Waals surface area contributed by atoms with Gasteiger partial charge in [-0.3, -0.25) is 9.59 Å². The van der Waals surface area contributed by atoms with E-state index in [0.29, 0.717) is 12.8 Å². The topological polar surface area (TPSA) is 72.8 Å². The largest absolute Gasteiger partial charge is 0.462 e. The van der Waals surface area contributed by atoms with E-state index < -0.39 is 6.10 Å². The van der Waals surface area contributed by atoms with Gasteiger partial charge < -0.3 is 14.6 Å². The van der Waals surface area contributed by atoms with E-state index in [9.17, 15) is 14.7 Å². The number of rotatable bonds is 70. The molecule has 0 aliphatic heterocycles. The summed E-state index contributed by atoms with van der Waals surface area (Å²) in [6, 6.07) is 0. The first-order valence-electron chi connectivity index (χ1n) is 37.8. The summed E-state index contributed by atoms with van der Waals surface area (Å²) in [7, 11) is 0. The molecule has 5 nitrogen and oxygen atoms in total. The minimum Gasteiger partial charge on any atom is -0.462 e. The fourth-order valence-electron chi connectivity index (χ4n) is 11.2. The Morgan fingerprint density at radius 3 is 0.756 bits per heavy atom. The lowest BCUT2D eigenvalue weighted by molar-refractivity contribution is -0.161. The highest BCUT2D eigenvalue weighted by Gasteiger charge is 2.16. The zero-order chi connectivity index (χ0) is 61.9. The Labute approximate surface area is 536 Å². The Balaban J connectivity index is 3.41. The Bertz CT molecular complexity index is 1600. The molecule has 5 heteroatoms. The molecule has 0 spiro atoms. The van der Waals surface area contributed by atoms with Crippen LogP contribution in [0.5, 0.6) is 0 Å². The highest BCUT2D eigenvalue weighted by molar-refractivity contribution is 5.70. The number of carbonyl (C=O) groups is 2. The van der Waals surface area contributed by atoms with Gasteiger partial charge in [-0.15, -0.1) is 0 Å². The lowest BCUT2D eigenvalue weighted by Gasteiger charge is -2.15. The molecule has 1 atom stereocenters. The van der Waals surface area contributed by atoms with Crippen LogP contribution in [0, 0.1) is 0 Å². The maximum absolute atomic E-state index is 12.4. The SMILES string of the molecule is CC/C=C\C/C=C\C/C=C\C/C=C\C/C=C\CCCCCCCCCCCCCCCCCCCCCC(=O)OC(CO)COC(=O)CCCCCCCCCCCCCCCCCCCCCCCC/C=C\C/C=C\C/C=C\CCCCCCC. The van der Waals surface area contributed by atoms with Gasteiger partial charge in [0.2, 0.25) is 0 Å². The molecule has 0 radical (unpaired) electrons. The van der Waals surface area contributed by atoms with Crippen molar-refractivity contribution in [2.45, 2.75) is 392 Å². The third-order valence-electron chi connectivity index (χ3n) is 16.9. The van der Waals surface area contributed by atoms with Crippen LogP contribution < -0.4 is 0 Å². The number of unbranched alkanes of at least 4 members (excludes halogenated alkanes) is 46. The second kappa shape index (κ2) is 76.1. The van der Waals surface area contributed by atoms with E-state index in [0.717, 1.165) is 83.5 Å². The first kappa shape index (κ1) is 82.8. The standard InChI is InChI=1S/C81H144O5/c1-3-5-7-9-11-13-15-17-19-21-23-25-27-29-31-33-35-37-39-40-42-43-45-47-49-51-53-55-57-59-61-63-65-67-69-71-73-75-80(83)85-78-79(77-82)86-81(84)76-74-72-70-68-66-64-62-60-58-56-54-52-50-48-46-44-41-38-36-34-32-30-28-26-24-22-20-18-16-14-12-10-8-6-4-2/h6,8,12,14-15,17-18,20-21,23-24,26-27,29-30,32,79,82H,3-5,7,9-11,13,16,19,22,25,28,31,33-78H2,1-2H3/b8-6-,14-12-,17-15-,20-18-,23-21-,26-24-,29-27-,32-30-. The van der Waals surface area contributed by atoms with E-state index in [1.165, 1.54) is 276 Å². The second-order valence-corrected chi connectivity index (χ2v) is 25.3. The van der Waals surface area contributed by atoms with Crippen LogP contribution in [0.15, 0.2) is 97.2 Å². The summed E-state index contributed by atoms with van der Waals surface area (Å²) in [5.74, 6) is -0.572. The van der Waals surface area contributed by atoms with E-state index >= 15 is 0 Å². The van der Waals surface area contributed by atoms with Gasteiger partial charge >= 0.3 is 11.9 Å². The summed E-state index contributed by atoms with van der Waals surface area (Å²) < 4.78 is 10.8. The van der Waals surface area contributed by atoms with Crippen LogP contribution in [0.4, 0.5) is 0 Å². The number of aliphatic hydroxyl groups excluding tert-OH is 1. The quantitative estimate of drug-likeness (QED) is 0.0373. The molecule has 0 aliphatic rings. The predicted octanol–water partition coefficient (Wildman–Crippen LogP) is 26.5. The molecule has 0 amide bonds. The van der Waals surface area contributed by atoms with Crippen LogP contribution >= 0.6 is 0 Å². The van der Waals surface area contributed by atoms with Crippen molar-refractivity contribution in [2.75, 3.05) is 13.2 Å². The van der Waals surface area contributed by atoms with Crippen molar-refractivity contribution < 1.29 is 24.2 Å². The van der Waals surface area contributed by atoms with Crippen LogP contribution in [0.3, 0.4) is 0 Å². The molecular weight excluding hydrogens is 1050 g/mol. The van der Waals surface area contributed by atoms with Gasteiger partial charge in [-0.05, 0) is 96.3 Å². The Morgan fingerprint density at radius 2 is 0.500 bits per heavy atom. The minimum absolute atomic E-state index is 0.0631. The third-order valence-corrected chi connectivity index (χ3v) is 16.9. The second-order valence-electron chi connectivity index (χ2n) is 25.3. The molecule has 0 aromatic heterocycles. The van der Waals surface area contributed by atoms with Crippen molar-refractivity contribution in [1.82, 2.24) is 0 Å². The van der Waals surface area contributed by atoms with Crippen molar-refractivity contribution in [3.63, 3.8) is 0 Å². The van der Waals surface area contributed by atoms with Crippen molar-refractivity contribution in [2.24, 2.45) is 0 Å². The van der Waals surface area contributed by atoms with Crippen molar-refractivity contribution >= 4 is 11.9 Å². The molecule has 498 valence electrons. The Hall–Kier alpha value is -3.18. The molecule has 0 heterocycles. The van der Waals surface area contributed by atoms with E-state index in [4.69, 9.17) is 9.47 Å². The number of aliphatic hydroxyl groups is 1. The summed E-state index contributed by atoms with van der Waals surface area (Å²) in [5.41, 5.74) is 0. The van der Waals surface area contributed by atoms with E-state index in [1.54, 1.807) is 0 Å². The number of ether oxygens (including phenoxy) is 2. The maximum atomic E-state index is 12.4. The normalized spacial score (nSPS) is 12.7. The molecule has 86 heavy (non-hydrogen) atoms. The fraction of sp³-hybridized carbons (Fsp3) is 0.778. The summed E-state index contributed by atoms with van der Waals surface area (Å²) >= 11 is 0. The number of hydrogen-bond donors (Lipinski definition) is 1. The number of esters is 2. The molecular formula is C81H144O5. The van der Waals surface area contributed by atoms with Crippen LogP contribution in [-0.4, -0.2) is 36.4 Å². The van der Waals surface area contributed by atoms with Crippen LogP contribution in [0.2, 0.25) is 0 Å². The van der Waals surface area contributed by atoms with Gasteiger partial charge in [-0.25, -0.2) is 0 Å². The summed E-state index contributed by atoms with van der Waals surface area (Å²) in [6.07, 6.45) is 109. The van der Waals surface area contributed by atoms with Crippen LogP contribution in [0.1, 0.15) is 386 Å². The zero-order valence-electron chi connectivity index (χ0n) is 57.3. The van der Waals surface area contributed by atoms with Gasteiger partial charge in [0.1, 0.15) is 6.61 Å². The minimum atomic E-state index is -0.775. The van der Waals surface area contributed by atoms with Gasteiger partial charge in [0.25, 0.3) is 0 Å². The summed E-state index contributed by atoms with van der Waals surface area (Å²) in [4.78, 5) is 24.7. The molecule has 0 bridgehead atoms. The molecule has 0 fully saturated rings. The molecule has 0 rings (SSSR count). The maximum Gasteiger partial charge on any atom is 0.306 e. The van der Waals surface area contributed by atoms with Crippen molar-refractivity contribution in [3.8, 4) is 0 Å². The number of hydrogen-bond acceptors (Lipinski definition) is 5.